The maximum atomic E-state index is 9.26. The number of nitrogens with zero attached hydrogens (tertiary/aromatic N) is 2. The summed E-state index contributed by atoms with van der Waals surface area (Å²) in [7, 11) is 0. The minimum atomic E-state index is 0.535. The van der Waals surface area contributed by atoms with E-state index in [0.717, 1.165) is 24.3 Å². The highest BCUT2D eigenvalue weighted by Gasteiger charge is 2.31. The minimum Gasteiger partial charge on any atom is -0.370 e. The van der Waals surface area contributed by atoms with Crippen molar-refractivity contribution in [3.8, 4) is 6.07 Å². The molecule has 0 aliphatic carbocycles. The predicted octanol–water partition coefficient (Wildman–Crippen LogP) is 4.27. The van der Waals surface area contributed by atoms with Gasteiger partial charge in [0.25, 0.3) is 0 Å². The van der Waals surface area contributed by atoms with E-state index >= 15 is 0 Å². The molecule has 1 aliphatic rings. The highest BCUT2D eigenvalue weighted by Crippen LogP contribution is 2.39. The summed E-state index contributed by atoms with van der Waals surface area (Å²) in [4.78, 5) is 2.40. The van der Waals surface area contributed by atoms with Gasteiger partial charge >= 0.3 is 0 Å². The lowest BCUT2D eigenvalue weighted by Gasteiger charge is -2.42. The first-order valence-corrected chi connectivity index (χ1v) is 7.40. The topological polar surface area (TPSA) is 27.0 Å². The van der Waals surface area contributed by atoms with Crippen LogP contribution in [-0.2, 0) is 0 Å². The van der Waals surface area contributed by atoms with Crippen molar-refractivity contribution in [3.63, 3.8) is 0 Å². The zero-order valence-electron chi connectivity index (χ0n) is 12.4. The zero-order chi connectivity index (χ0) is 13.9. The summed E-state index contributed by atoms with van der Waals surface area (Å²) >= 11 is 0. The van der Waals surface area contributed by atoms with E-state index in [0.29, 0.717) is 5.41 Å². The third kappa shape index (κ3) is 2.76. The summed E-state index contributed by atoms with van der Waals surface area (Å²) in [5.41, 5.74) is 3.71. The molecule has 1 aromatic carbocycles. The monoisotopic (exact) mass is 256 g/mol. The molecule has 0 amide bonds. The fourth-order valence-corrected chi connectivity index (χ4v) is 3.18. The van der Waals surface area contributed by atoms with Gasteiger partial charge < -0.3 is 4.90 Å². The fourth-order valence-electron chi connectivity index (χ4n) is 3.18. The van der Waals surface area contributed by atoms with Crippen LogP contribution in [0.2, 0.25) is 0 Å². The number of benzene rings is 1. The number of hydrogen-bond acceptors (Lipinski definition) is 2. The SMILES string of the molecule is CCC1(CC)CCN(c2cc(C)ccc2C#N)CC1. The molecule has 1 aromatic rings. The molecular formula is C17H24N2. The molecule has 1 fully saturated rings. The second kappa shape index (κ2) is 5.65. The summed E-state index contributed by atoms with van der Waals surface area (Å²) in [6, 6.07) is 8.46. The molecule has 0 aromatic heterocycles. The lowest BCUT2D eigenvalue weighted by Crippen LogP contribution is -2.40. The van der Waals surface area contributed by atoms with Crippen molar-refractivity contribution in [1.82, 2.24) is 0 Å². The Morgan fingerprint density at radius 2 is 1.84 bits per heavy atom. The zero-order valence-corrected chi connectivity index (χ0v) is 12.4. The van der Waals surface area contributed by atoms with Crippen molar-refractivity contribution >= 4 is 5.69 Å². The lowest BCUT2D eigenvalue weighted by molar-refractivity contribution is 0.199. The number of piperidine rings is 1. The molecule has 1 saturated heterocycles. The molecule has 0 spiro atoms. The standard InChI is InChI=1S/C17H24N2/c1-4-17(5-2)8-10-19(11-9-17)16-12-14(3)6-7-15(16)13-18/h6-7,12H,4-5,8-11H2,1-3H3. The van der Waals surface area contributed by atoms with Crippen LogP contribution in [0.15, 0.2) is 18.2 Å². The number of anilines is 1. The van der Waals surface area contributed by atoms with Gasteiger partial charge in [0.2, 0.25) is 0 Å². The lowest BCUT2D eigenvalue weighted by atomic mass is 9.74. The molecule has 2 rings (SSSR count). The average molecular weight is 256 g/mol. The van der Waals surface area contributed by atoms with Crippen molar-refractivity contribution in [2.45, 2.75) is 46.5 Å². The van der Waals surface area contributed by atoms with Gasteiger partial charge in [-0.3, -0.25) is 0 Å². The number of aryl methyl sites for hydroxylation is 1. The number of rotatable bonds is 3. The van der Waals surface area contributed by atoms with Crippen molar-refractivity contribution in [2.24, 2.45) is 5.41 Å². The van der Waals surface area contributed by atoms with E-state index in [1.54, 1.807) is 0 Å². The van der Waals surface area contributed by atoms with Crippen LogP contribution < -0.4 is 4.90 Å². The molecule has 0 unspecified atom stereocenters. The van der Waals surface area contributed by atoms with Gasteiger partial charge in [-0.25, -0.2) is 0 Å². The molecule has 0 atom stereocenters. The first-order valence-electron chi connectivity index (χ1n) is 7.40. The maximum absolute atomic E-state index is 9.26. The Kier molecular flexibility index (Phi) is 4.14. The van der Waals surface area contributed by atoms with Crippen LogP contribution in [0, 0.1) is 23.7 Å². The van der Waals surface area contributed by atoms with Gasteiger partial charge in [0, 0.05) is 13.1 Å². The Hall–Kier alpha value is -1.49. The van der Waals surface area contributed by atoms with Crippen molar-refractivity contribution < 1.29 is 0 Å². The van der Waals surface area contributed by atoms with E-state index in [1.165, 1.54) is 31.2 Å². The molecular weight excluding hydrogens is 232 g/mol. The number of hydrogen-bond donors (Lipinski definition) is 0. The van der Waals surface area contributed by atoms with Crippen LogP contribution in [0.1, 0.15) is 50.7 Å². The van der Waals surface area contributed by atoms with Crippen molar-refractivity contribution in [1.29, 1.82) is 5.26 Å². The molecule has 0 N–H and O–H groups in total. The van der Waals surface area contributed by atoms with E-state index in [9.17, 15) is 5.26 Å². The second-order valence-corrected chi connectivity index (χ2v) is 5.83. The predicted molar refractivity (Wildman–Crippen MR) is 80.4 cm³/mol. The van der Waals surface area contributed by atoms with Crippen molar-refractivity contribution in [3.05, 3.63) is 29.3 Å². The first kappa shape index (κ1) is 13.9. The summed E-state index contributed by atoms with van der Waals surface area (Å²) in [5.74, 6) is 0. The molecule has 2 heteroatoms. The summed E-state index contributed by atoms with van der Waals surface area (Å²) < 4.78 is 0. The van der Waals surface area contributed by atoms with Gasteiger partial charge in [0.15, 0.2) is 0 Å². The molecule has 1 heterocycles. The van der Waals surface area contributed by atoms with E-state index in [4.69, 9.17) is 0 Å². The van der Waals surface area contributed by atoms with E-state index < -0.39 is 0 Å². The first-order chi connectivity index (χ1) is 9.14. The molecule has 19 heavy (non-hydrogen) atoms. The molecule has 0 radical (unpaired) electrons. The van der Waals surface area contributed by atoms with E-state index in [-0.39, 0.29) is 0 Å². The molecule has 0 bridgehead atoms. The Bertz CT molecular complexity index is 471. The summed E-state index contributed by atoms with van der Waals surface area (Å²) in [6.45, 7) is 8.88. The summed E-state index contributed by atoms with van der Waals surface area (Å²) in [5, 5.41) is 9.26. The Morgan fingerprint density at radius 1 is 1.21 bits per heavy atom. The second-order valence-electron chi connectivity index (χ2n) is 5.83. The van der Waals surface area contributed by atoms with Crippen LogP contribution >= 0.6 is 0 Å². The van der Waals surface area contributed by atoms with Crippen LogP contribution in [0.5, 0.6) is 0 Å². The van der Waals surface area contributed by atoms with Gasteiger partial charge in [-0.05, 0) is 42.9 Å². The normalized spacial score (nSPS) is 18.1. The third-order valence-electron chi connectivity index (χ3n) is 4.94. The molecule has 102 valence electrons. The van der Waals surface area contributed by atoms with Crippen LogP contribution in [-0.4, -0.2) is 13.1 Å². The highest BCUT2D eigenvalue weighted by molar-refractivity contribution is 5.60. The van der Waals surface area contributed by atoms with Gasteiger partial charge in [-0.1, -0.05) is 32.8 Å². The van der Waals surface area contributed by atoms with Gasteiger partial charge in [0.05, 0.1) is 11.3 Å². The van der Waals surface area contributed by atoms with Gasteiger partial charge in [0.1, 0.15) is 6.07 Å². The van der Waals surface area contributed by atoms with Crippen LogP contribution in [0.3, 0.4) is 0 Å². The van der Waals surface area contributed by atoms with E-state index in [2.05, 4.69) is 37.8 Å². The highest BCUT2D eigenvalue weighted by atomic mass is 15.1. The van der Waals surface area contributed by atoms with Crippen molar-refractivity contribution in [2.75, 3.05) is 18.0 Å². The van der Waals surface area contributed by atoms with Crippen LogP contribution in [0.25, 0.3) is 0 Å². The Morgan fingerprint density at radius 3 is 2.37 bits per heavy atom. The molecule has 1 aliphatic heterocycles. The number of nitriles is 1. The van der Waals surface area contributed by atoms with Gasteiger partial charge in [-0.2, -0.15) is 5.26 Å². The fraction of sp³-hybridized carbons (Fsp3) is 0.588. The minimum absolute atomic E-state index is 0.535. The quantitative estimate of drug-likeness (QED) is 0.807. The largest absolute Gasteiger partial charge is 0.370 e. The van der Waals surface area contributed by atoms with Gasteiger partial charge in [-0.15, -0.1) is 0 Å². The van der Waals surface area contributed by atoms with Crippen LogP contribution in [0.4, 0.5) is 5.69 Å². The molecule has 0 saturated carbocycles. The Labute approximate surface area is 117 Å². The van der Waals surface area contributed by atoms with E-state index in [1.807, 2.05) is 12.1 Å². The smallest absolute Gasteiger partial charge is 0.101 e. The maximum Gasteiger partial charge on any atom is 0.101 e. The summed E-state index contributed by atoms with van der Waals surface area (Å²) in [6.07, 6.45) is 5.05. The average Bonchev–Trinajstić information content (AvgIpc) is 2.47. The molecule has 2 nitrogen and oxygen atoms in total. The Balaban J connectivity index is 2.18. The third-order valence-corrected chi connectivity index (χ3v) is 4.94.